The van der Waals surface area contributed by atoms with Gasteiger partial charge in [0.1, 0.15) is 5.82 Å². The van der Waals surface area contributed by atoms with Crippen LogP contribution < -0.4 is 0 Å². The van der Waals surface area contributed by atoms with Crippen molar-refractivity contribution in [3.63, 3.8) is 0 Å². The minimum absolute atomic E-state index is 0.0254. The highest BCUT2D eigenvalue weighted by Gasteiger charge is 2.30. The van der Waals surface area contributed by atoms with Crippen molar-refractivity contribution in [2.75, 3.05) is 5.75 Å². The molecule has 1 saturated carbocycles. The van der Waals surface area contributed by atoms with Crippen LogP contribution in [0, 0.1) is 6.92 Å². The lowest BCUT2D eigenvalue weighted by atomic mass is 10.3. The molecule has 21 heavy (non-hydrogen) atoms. The molecule has 0 unspecified atom stereocenters. The Kier molecular flexibility index (Phi) is 3.87. The first-order chi connectivity index (χ1) is 10.1. The third-order valence-electron chi connectivity index (χ3n) is 3.17. The highest BCUT2D eigenvalue weighted by atomic mass is 32.2. The van der Waals surface area contributed by atoms with E-state index in [1.165, 1.54) is 11.8 Å². The number of hydrogen-bond donors (Lipinski definition) is 1. The quantitative estimate of drug-likeness (QED) is 0.808. The van der Waals surface area contributed by atoms with E-state index >= 15 is 0 Å². The van der Waals surface area contributed by atoms with E-state index in [1.54, 1.807) is 12.4 Å². The van der Waals surface area contributed by atoms with Crippen LogP contribution in [0.3, 0.4) is 0 Å². The number of hydrogen-bond acceptors (Lipinski definition) is 6. The van der Waals surface area contributed by atoms with Crippen LogP contribution in [0.2, 0.25) is 0 Å². The first-order valence-electron chi connectivity index (χ1n) is 6.68. The number of aromatic nitrogens is 5. The van der Waals surface area contributed by atoms with E-state index < -0.39 is 5.97 Å². The van der Waals surface area contributed by atoms with Gasteiger partial charge in [0, 0.05) is 12.1 Å². The Morgan fingerprint density at radius 2 is 2.19 bits per heavy atom. The van der Waals surface area contributed by atoms with Crippen molar-refractivity contribution in [1.82, 2.24) is 24.7 Å². The average molecular weight is 305 g/mol. The lowest BCUT2D eigenvalue weighted by Crippen LogP contribution is -2.09. The second-order valence-corrected chi connectivity index (χ2v) is 5.98. The largest absolute Gasteiger partial charge is 0.481 e. The summed E-state index contributed by atoms with van der Waals surface area (Å²) in [6, 6.07) is 0. The molecule has 0 radical (unpaired) electrons. The highest BCUT2D eigenvalue weighted by Crippen LogP contribution is 2.40. The molecule has 0 atom stereocenters. The van der Waals surface area contributed by atoms with Gasteiger partial charge in [-0.2, -0.15) is 0 Å². The summed E-state index contributed by atoms with van der Waals surface area (Å²) in [5, 5.41) is 17.8. The van der Waals surface area contributed by atoms with Gasteiger partial charge in [0.05, 0.1) is 29.9 Å². The Balaban J connectivity index is 1.84. The van der Waals surface area contributed by atoms with Crippen molar-refractivity contribution >= 4 is 17.7 Å². The number of rotatable bonds is 6. The Hall–Kier alpha value is -1.96. The fraction of sp³-hybridized carbons (Fsp3) is 0.462. The number of aliphatic carboxylic acids is 1. The van der Waals surface area contributed by atoms with Crippen molar-refractivity contribution in [3.8, 4) is 0 Å². The Labute approximate surface area is 125 Å². The molecule has 0 aromatic carbocycles. The zero-order chi connectivity index (χ0) is 14.8. The number of carboxylic acids is 1. The first-order valence-corrected chi connectivity index (χ1v) is 7.67. The lowest BCUT2D eigenvalue weighted by molar-refractivity contribution is -0.133. The third-order valence-corrected chi connectivity index (χ3v) is 4.12. The van der Waals surface area contributed by atoms with E-state index in [2.05, 4.69) is 20.2 Å². The summed E-state index contributed by atoms with van der Waals surface area (Å²) in [4.78, 5) is 19.3. The number of nitrogens with zero attached hydrogens (tertiary/aromatic N) is 5. The Bertz CT molecular complexity index is 651. The molecule has 1 aliphatic rings. The summed E-state index contributed by atoms with van der Waals surface area (Å²) in [5.41, 5.74) is 1.69. The maximum absolute atomic E-state index is 10.7. The normalized spacial score (nSPS) is 14.3. The average Bonchev–Trinajstić information content (AvgIpc) is 3.22. The van der Waals surface area contributed by atoms with E-state index in [9.17, 15) is 4.79 Å². The van der Waals surface area contributed by atoms with Crippen LogP contribution in [0.4, 0.5) is 0 Å². The van der Waals surface area contributed by atoms with Gasteiger partial charge < -0.3 is 5.11 Å². The summed E-state index contributed by atoms with van der Waals surface area (Å²) in [6.07, 6.45) is 5.68. The predicted molar refractivity (Wildman–Crippen MR) is 76.2 cm³/mol. The summed E-state index contributed by atoms with van der Waals surface area (Å²) in [7, 11) is 0. The zero-order valence-corrected chi connectivity index (χ0v) is 12.4. The van der Waals surface area contributed by atoms with Gasteiger partial charge in [-0.3, -0.25) is 19.3 Å². The molecule has 0 bridgehead atoms. The zero-order valence-electron chi connectivity index (χ0n) is 11.6. The molecule has 7 nitrogen and oxygen atoms in total. The summed E-state index contributed by atoms with van der Waals surface area (Å²) in [5.74, 6) is 0.473. The molecule has 2 aromatic rings. The van der Waals surface area contributed by atoms with Crippen LogP contribution in [0.1, 0.15) is 36.0 Å². The summed E-state index contributed by atoms with van der Waals surface area (Å²) >= 11 is 1.19. The fourth-order valence-corrected chi connectivity index (χ4v) is 2.65. The molecular weight excluding hydrogens is 290 g/mol. The molecular formula is C13H15N5O2S. The number of thioether (sulfide) groups is 1. The predicted octanol–water partition coefficient (Wildman–Crippen LogP) is 1.48. The smallest absolute Gasteiger partial charge is 0.313 e. The fourth-order valence-electron chi connectivity index (χ4n) is 1.99. The molecule has 1 aliphatic carbocycles. The van der Waals surface area contributed by atoms with Crippen molar-refractivity contribution in [3.05, 3.63) is 29.6 Å². The molecule has 1 N–H and O–H groups in total. The van der Waals surface area contributed by atoms with Crippen molar-refractivity contribution in [1.29, 1.82) is 0 Å². The standard InChI is InChI=1S/C13H15N5O2S/c1-8-4-15-10(5-14-8)6-18-12(9-2-3-9)16-17-13(18)21-7-11(19)20/h4-5,9H,2-3,6-7H2,1H3,(H,19,20). The Morgan fingerprint density at radius 3 is 2.81 bits per heavy atom. The van der Waals surface area contributed by atoms with Gasteiger partial charge in [0.25, 0.3) is 0 Å². The van der Waals surface area contributed by atoms with Gasteiger partial charge in [-0.15, -0.1) is 10.2 Å². The highest BCUT2D eigenvalue weighted by molar-refractivity contribution is 7.99. The molecule has 0 saturated heterocycles. The molecule has 0 amide bonds. The number of carboxylic acid groups (broad SMARTS) is 1. The summed E-state index contributed by atoms with van der Waals surface area (Å²) < 4.78 is 1.96. The first kappa shape index (κ1) is 14.0. The van der Waals surface area contributed by atoms with Gasteiger partial charge in [-0.25, -0.2) is 0 Å². The van der Waals surface area contributed by atoms with Crippen LogP contribution in [-0.4, -0.2) is 41.6 Å². The lowest BCUT2D eigenvalue weighted by Gasteiger charge is -2.08. The minimum atomic E-state index is -0.863. The molecule has 1 fully saturated rings. The van der Waals surface area contributed by atoms with Gasteiger partial charge >= 0.3 is 5.97 Å². The van der Waals surface area contributed by atoms with E-state index in [4.69, 9.17) is 5.11 Å². The topological polar surface area (TPSA) is 93.8 Å². The van der Waals surface area contributed by atoms with Crippen molar-refractivity contribution in [2.45, 2.75) is 37.4 Å². The SMILES string of the molecule is Cc1cnc(Cn2c(SCC(=O)O)nnc2C2CC2)cn1. The molecule has 2 heterocycles. The van der Waals surface area contributed by atoms with E-state index in [1.807, 2.05) is 11.5 Å². The molecule has 110 valence electrons. The van der Waals surface area contributed by atoms with Crippen LogP contribution in [0.15, 0.2) is 17.6 Å². The number of carbonyl (C=O) groups is 1. The van der Waals surface area contributed by atoms with Crippen LogP contribution >= 0.6 is 11.8 Å². The Morgan fingerprint density at radius 1 is 1.38 bits per heavy atom. The third kappa shape index (κ3) is 3.38. The van der Waals surface area contributed by atoms with E-state index in [-0.39, 0.29) is 5.75 Å². The second-order valence-electron chi connectivity index (χ2n) is 5.03. The van der Waals surface area contributed by atoms with Gasteiger partial charge in [0.2, 0.25) is 0 Å². The summed E-state index contributed by atoms with van der Waals surface area (Å²) in [6.45, 7) is 2.41. The van der Waals surface area contributed by atoms with Crippen LogP contribution in [0.25, 0.3) is 0 Å². The van der Waals surface area contributed by atoms with Crippen LogP contribution in [-0.2, 0) is 11.3 Å². The number of aryl methyl sites for hydroxylation is 1. The van der Waals surface area contributed by atoms with E-state index in [0.717, 1.165) is 30.1 Å². The molecule has 3 rings (SSSR count). The monoisotopic (exact) mass is 305 g/mol. The maximum atomic E-state index is 10.7. The second kappa shape index (κ2) is 5.80. The molecule has 0 spiro atoms. The van der Waals surface area contributed by atoms with Crippen molar-refractivity contribution < 1.29 is 9.90 Å². The molecule has 2 aromatic heterocycles. The van der Waals surface area contributed by atoms with Gasteiger partial charge in [-0.05, 0) is 19.8 Å². The minimum Gasteiger partial charge on any atom is -0.481 e. The molecule has 0 aliphatic heterocycles. The van der Waals surface area contributed by atoms with Crippen LogP contribution in [0.5, 0.6) is 0 Å². The maximum Gasteiger partial charge on any atom is 0.313 e. The van der Waals surface area contributed by atoms with E-state index in [0.29, 0.717) is 17.6 Å². The van der Waals surface area contributed by atoms with Gasteiger partial charge in [-0.1, -0.05) is 11.8 Å². The molecule has 8 heteroatoms. The van der Waals surface area contributed by atoms with Gasteiger partial charge in [0.15, 0.2) is 5.16 Å². The van der Waals surface area contributed by atoms with Crippen molar-refractivity contribution in [2.24, 2.45) is 0 Å².